The third kappa shape index (κ3) is 2.44. The first kappa shape index (κ1) is 13.1. The molecule has 116 valence electrons. The zero-order chi connectivity index (χ0) is 15.9. The molecule has 0 aromatic carbocycles. The van der Waals surface area contributed by atoms with Crippen LogP contribution in [-0.4, -0.2) is 19.9 Å². The van der Waals surface area contributed by atoms with Crippen LogP contribution in [0.2, 0.25) is 0 Å². The topological polar surface area (TPSA) is 63.2 Å². The first-order chi connectivity index (χ1) is 11.8. The van der Waals surface area contributed by atoms with Gasteiger partial charge in [-0.25, -0.2) is 0 Å². The average molecular weight is 312 g/mol. The number of hydrogen-bond acceptors (Lipinski definition) is 0. The van der Waals surface area contributed by atoms with E-state index >= 15 is 0 Å². The van der Waals surface area contributed by atoms with E-state index in [9.17, 15) is 0 Å². The Morgan fingerprint density at radius 3 is 0.917 bits per heavy atom. The Balaban J connectivity index is 1.79. The van der Waals surface area contributed by atoms with Crippen LogP contribution in [-0.2, 0) is 0 Å². The Kier molecular flexibility index (Phi) is 2.76. The molecule has 8 bridgehead atoms. The van der Waals surface area contributed by atoms with Gasteiger partial charge in [0, 0.05) is 44.2 Å². The number of fused-ring (bicyclic) bond motifs is 8. The summed E-state index contributed by atoms with van der Waals surface area (Å²) in [5, 5.41) is 4.29. The standard InChI is InChI=1S/C20H16N4/c1-2-14-10-16-5-6-18(23-16)12-20-8-7-19(24-20)11-17-4-3-15(22-17)9-13(1)21-14/h1-12,21-24H/b13-9-,14-10-,15-9?,16-10?,17-11?,18-12?,19-11-,20-12-. The maximum Gasteiger partial charge on any atom is 0.0405 e. The molecule has 0 spiro atoms. The van der Waals surface area contributed by atoms with Crippen molar-refractivity contribution in [2.45, 2.75) is 0 Å². The number of aromatic nitrogens is 4. The van der Waals surface area contributed by atoms with E-state index in [1.54, 1.807) is 0 Å². The summed E-state index contributed by atoms with van der Waals surface area (Å²) < 4.78 is 0. The molecule has 0 amide bonds. The summed E-state index contributed by atoms with van der Waals surface area (Å²) in [4.78, 5) is 13.7. The van der Waals surface area contributed by atoms with Crippen LogP contribution in [0.5, 0.6) is 0 Å². The SMILES string of the molecule is C1=c2/cc/c([nH]2)=C/c2ccc([nH]2)/C=c2/cc/c([nH]2)=C/c2ccc/1[nH]2. The highest BCUT2D eigenvalue weighted by Crippen LogP contribution is 2.04. The molecule has 5 heterocycles. The minimum absolute atomic E-state index is 1.07. The van der Waals surface area contributed by atoms with Crippen molar-refractivity contribution < 1.29 is 0 Å². The highest BCUT2D eigenvalue weighted by Gasteiger charge is 1.97. The summed E-state index contributed by atoms with van der Waals surface area (Å²) in [5.74, 6) is 0. The lowest BCUT2D eigenvalue weighted by Crippen LogP contribution is -2.10. The molecule has 0 atom stereocenters. The van der Waals surface area contributed by atoms with Gasteiger partial charge in [-0.1, -0.05) is 0 Å². The molecule has 4 heteroatoms. The first-order valence-electron chi connectivity index (χ1n) is 7.95. The Morgan fingerprint density at radius 1 is 0.333 bits per heavy atom. The van der Waals surface area contributed by atoms with E-state index in [2.05, 4.69) is 92.8 Å². The highest BCUT2D eigenvalue weighted by molar-refractivity contribution is 5.54. The van der Waals surface area contributed by atoms with Crippen molar-refractivity contribution >= 4 is 24.3 Å². The van der Waals surface area contributed by atoms with Gasteiger partial charge in [0.2, 0.25) is 0 Å². The van der Waals surface area contributed by atoms with Gasteiger partial charge in [-0.2, -0.15) is 0 Å². The Labute approximate surface area is 137 Å². The minimum atomic E-state index is 1.07. The van der Waals surface area contributed by atoms with Crippen molar-refractivity contribution in [2.24, 2.45) is 0 Å². The van der Waals surface area contributed by atoms with Crippen molar-refractivity contribution in [1.82, 2.24) is 19.9 Å². The normalized spacial score (nSPS) is 18.3. The third-order valence-corrected chi connectivity index (χ3v) is 4.17. The molecule has 4 nitrogen and oxygen atoms in total. The molecule has 0 saturated carbocycles. The van der Waals surface area contributed by atoms with Crippen LogP contribution in [0.15, 0.2) is 48.5 Å². The maximum absolute atomic E-state index is 3.42. The lowest BCUT2D eigenvalue weighted by Gasteiger charge is -1.88. The second-order valence-corrected chi connectivity index (χ2v) is 6.05. The molecule has 0 saturated heterocycles. The molecular formula is C20H16N4. The van der Waals surface area contributed by atoms with Gasteiger partial charge in [0.15, 0.2) is 0 Å². The number of H-pyrrole nitrogens is 4. The molecule has 4 aromatic heterocycles. The maximum atomic E-state index is 3.42. The Morgan fingerprint density at radius 2 is 0.625 bits per heavy atom. The number of rotatable bonds is 0. The number of nitrogens with one attached hydrogen (secondary N) is 4. The van der Waals surface area contributed by atoms with E-state index in [4.69, 9.17) is 0 Å². The largest absolute Gasteiger partial charge is 0.355 e. The van der Waals surface area contributed by atoms with Crippen LogP contribution < -0.4 is 21.4 Å². The summed E-state index contributed by atoms with van der Waals surface area (Å²) in [6, 6.07) is 16.7. The fraction of sp³-hybridized carbons (Fsp3) is 0. The summed E-state index contributed by atoms with van der Waals surface area (Å²) in [5.41, 5.74) is 4.29. The van der Waals surface area contributed by atoms with Crippen LogP contribution >= 0.6 is 0 Å². The molecule has 1 aliphatic heterocycles. The second-order valence-electron chi connectivity index (χ2n) is 6.05. The van der Waals surface area contributed by atoms with Crippen molar-refractivity contribution in [2.75, 3.05) is 0 Å². The third-order valence-electron chi connectivity index (χ3n) is 4.17. The molecule has 0 aliphatic carbocycles. The fourth-order valence-electron chi connectivity index (χ4n) is 3.06. The van der Waals surface area contributed by atoms with E-state index in [1.165, 1.54) is 0 Å². The number of aromatic amines is 4. The quantitative estimate of drug-likeness (QED) is 0.324. The van der Waals surface area contributed by atoms with Crippen molar-refractivity contribution in [3.63, 3.8) is 0 Å². The van der Waals surface area contributed by atoms with Crippen LogP contribution in [0, 0.1) is 0 Å². The predicted molar refractivity (Wildman–Crippen MR) is 95.9 cm³/mol. The molecular weight excluding hydrogens is 296 g/mol. The zero-order valence-corrected chi connectivity index (χ0v) is 12.9. The van der Waals surface area contributed by atoms with Crippen molar-refractivity contribution in [1.29, 1.82) is 0 Å². The number of hydrogen-bond donors (Lipinski definition) is 4. The van der Waals surface area contributed by atoms with E-state index in [-0.39, 0.29) is 0 Å². The van der Waals surface area contributed by atoms with E-state index in [1.807, 2.05) is 0 Å². The molecule has 4 N–H and O–H groups in total. The molecule has 1 aliphatic rings. The van der Waals surface area contributed by atoms with Crippen molar-refractivity contribution in [3.05, 3.63) is 92.7 Å². The Bertz CT molecular complexity index is 1070. The summed E-state index contributed by atoms with van der Waals surface area (Å²) in [6.45, 7) is 0. The van der Waals surface area contributed by atoms with Gasteiger partial charge in [0.25, 0.3) is 0 Å². The van der Waals surface area contributed by atoms with Crippen LogP contribution in [0.4, 0.5) is 0 Å². The molecule has 4 aromatic rings. The van der Waals surface area contributed by atoms with Crippen molar-refractivity contribution in [3.8, 4) is 0 Å². The zero-order valence-electron chi connectivity index (χ0n) is 12.9. The van der Waals surface area contributed by atoms with Gasteiger partial charge in [-0.05, 0) is 72.8 Å². The Hall–Kier alpha value is -3.40. The minimum Gasteiger partial charge on any atom is -0.355 e. The van der Waals surface area contributed by atoms with Gasteiger partial charge < -0.3 is 19.9 Å². The smallest absolute Gasteiger partial charge is 0.0405 e. The van der Waals surface area contributed by atoms with E-state index in [0.29, 0.717) is 0 Å². The highest BCUT2D eigenvalue weighted by atomic mass is 14.8. The van der Waals surface area contributed by atoms with Gasteiger partial charge >= 0.3 is 0 Å². The lowest BCUT2D eigenvalue weighted by molar-refractivity contribution is 1.23. The summed E-state index contributed by atoms with van der Waals surface area (Å²) >= 11 is 0. The first-order valence-corrected chi connectivity index (χ1v) is 7.95. The molecule has 0 fully saturated rings. The average Bonchev–Trinajstić information content (AvgIpc) is 3.32. The van der Waals surface area contributed by atoms with Gasteiger partial charge in [-0.3, -0.25) is 0 Å². The van der Waals surface area contributed by atoms with Crippen LogP contribution in [0.1, 0.15) is 22.8 Å². The van der Waals surface area contributed by atoms with Gasteiger partial charge in [-0.15, -0.1) is 0 Å². The second kappa shape index (κ2) is 5.06. The monoisotopic (exact) mass is 312 g/mol. The predicted octanol–water partition coefficient (Wildman–Crippen LogP) is 0.628. The van der Waals surface area contributed by atoms with Crippen LogP contribution in [0.25, 0.3) is 24.3 Å². The molecule has 0 radical (unpaired) electrons. The van der Waals surface area contributed by atoms with Gasteiger partial charge in [0.1, 0.15) is 0 Å². The molecule has 5 rings (SSSR count). The van der Waals surface area contributed by atoms with Crippen LogP contribution in [0.3, 0.4) is 0 Å². The lowest BCUT2D eigenvalue weighted by atomic mass is 10.3. The van der Waals surface area contributed by atoms with Gasteiger partial charge in [0.05, 0.1) is 0 Å². The van der Waals surface area contributed by atoms with E-state index in [0.717, 1.165) is 44.2 Å². The fourth-order valence-corrected chi connectivity index (χ4v) is 3.06. The summed E-state index contributed by atoms with van der Waals surface area (Å²) in [6.07, 6.45) is 8.42. The molecule has 0 unspecified atom stereocenters. The van der Waals surface area contributed by atoms with E-state index < -0.39 is 0 Å². The molecule has 24 heavy (non-hydrogen) atoms. The summed E-state index contributed by atoms with van der Waals surface area (Å²) in [7, 11) is 0.